The number of hydrogen-bond acceptors (Lipinski definition) is 4. The first-order chi connectivity index (χ1) is 16.5. The lowest BCUT2D eigenvalue weighted by atomic mass is 10.1. The number of carbonyl (C=O) groups excluding carboxylic acids is 2. The Balaban J connectivity index is 1.63. The molecule has 0 saturated carbocycles. The summed E-state index contributed by atoms with van der Waals surface area (Å²) in [5.74, 6) is -0.513. The van der Waals surface area contributed by atoms with Crippen LogP contribution in [0, 0.1) is 6.92 Å². The molecule has 2 atom stereocenters. The van der Waals surface area contributed by atoms with Gasteiger partial charge in [-0.3, -0.25) is 20.1 Å². The zero-order valence-electron chi connectivity index (χ0n) is 19.7. The van der Waals surface area contributed by atoms with Crippen molar-refractivity contribution >= 4 is 35.2 Å². The van der Waals surface area contributed by atoms with E-state index < -0.39 is 24.2 Å². The number of carbonyl (C=O) groups is 2. The molecule has 1 saturated heterocycles. The number of amides is 3. The lowest BCUT2D eigenvalue weighted by Gasteiger charge is -2.37. The van der Waals surface area contributed by atoms with Crippen molar-refractivity contribution in [2.24, 2.45) is 0 Å². The summed E-state index contributed by atoms with van der Waals surface area (Å²) in [6.07, 6.45) is -0.219. The zero-order valence-corrected chi connectivity index (χ0v) is 19.7. The van der Waals surface area contributed by atoms with Gasteiger partial charge in [-0.15, -0.1) is 0 Å². The summed E-state index contributed by atoms with van der Waals surface area (Å²) in [4.78, 5) is 29.7. The number of aromatic amines is 1. The number of anilines is 3. The molecule has 1 aromatic heterocycles. The van der Waals surface area contributed by atoms with Crippen molar-refractivity contribution in [1.29, 1.82) is 0 Å². The van der Waals surface area contributed by atoms with E-state index in [1.165, 1.54) is 12.1 Å². The first kappa shape index (κ1) is 24.4. The van der Waals surface area contributed by atoms with Crippen LogP contribution in [-0.4, -0.2) is 53.5 Å². The van der Waals surface area contributed by atoms with Crippen LogP contribution in [0.4, 0.5) is 35.2 Å². The number of allylic oxidation sites excluding steroid dienone is 2. The van der Waals surface area contributed by atoms with Crippen LogP contribution in [0.1, 0.15) is 41.9 Å². The third kappa shape index (κ3) is 4.89. The van der Waals surface area contributed by atoms with Crippen LogP contribution in [0.3, 0.4) is 0 Å². The number of rotatable bonds is 5. The molecule has 35 heavy (non-hydrogen) atoms. The lowest BCUT2D eigenvalue weighted by Crippen LogP contribution is -2.48. The minimum Gasteiger partial charge on any atom is -0.368 e. The van der Waals surface area contributed by atoms with E-state index in [-0.39, 0.29) is 11.6 Å². The number of hydrogen-bond donors (Lipinski definition) is 3. The normalized spacial score (nSPS) is 17.9. The standard InChI is InChI=1S/C24H27F3N6O2/c1-13(2)5-7-18-14(3)30-31-21(18)29-23(35)33-17-9-10-32(12-17)19-8-6-16(11-20(19)33)22(34)28-15(4)24(25,26)27/h5-8,11,15,17H,1,9-10,12H2,2-4H3,(H,28,34)(H2,29,30,31,35)/b7-5-/t15-,17+/m1/s1. The van der Waals surface area contributed by atoms with E-state index in [1.807, 2.05) is 31.3 Å². The second-order valence-corrected chi connectivity index (χ2v) is 8.92. The Morgan fingerprint density at radius 1 is 1.31 bits per heavy atom. The number of aryl methyl sites for hydroxylation is 1. The van der Waals surface area contributed by atoms with Gasteiger partial charge in [-0.2, -0.15) is 18.3 Å². The van der Waals surface area contributed by atoms with Gasteiger partial charge in [-0.1, -0.05) is 18.2 Å². The third-order valence-electron chi connectivity index (χ3n) is 6.18. The van der Waals surface area contributed by atoms with Crippen molar-refractivity contribution in [3.8, 4) is 0 Å². The van der Waals surface area contributed by atoms with Crippen molar-refractivity contribution < 1.29 is 22.8 Å². The largest absolute Gasteiger partial charge is 0.408 e. The van der Waals surface area contributed by atoms with Crippen LogP contribution in [-0.2, 0) is 0 Å². The van der Waals surface area contributed by atoms with E-state index in [4.69, 9.17) is 0 Å². The topological polar surface area (TPSA) is 93.4 Å². The molecule has 11 heteroatoms. The number of halogens is 3. The number of alkyl halides is 3. The number of benzene rings is 1. The lowest BCUT2D eigenvalue weighted by molar-refractivity contribution is -0.149. The molecule has 2 bridgehead atoms. The number of nitrogens with zero attached hydrogens (tertiary/aromatic N) is 3. The molecule has 0 radical (unpaired) electrons. The van der Waals surface area contributed by atoms with Gasteiger partial charge in [0.05, 0.1) is 17.4 Å². The first-order valence-corrected chi connectivity index (χ1v) is 11.2. The summed E-state index contributed by atoms with van der Waals surface area (Å²) in [6, 6.07) is 2.03. The fourth-order valence-electron chi connectivity index (χ4n) is 4.25. The molecule has 4 rings (SSSR count). The van der Waals surface area contributed by atoms with E-state index in [0.717, 1.165) is 36.8 Å². The Bertz CT molecular complexity index is 1200. The quantitative estimate of drug-likeness (QED) is 0.536. The number of nitrogens with one attached hydrogen (secondary N) is 3. The number of fused-ring (bicyclic) bond motifs is 4. The summed E-state index contributed by atoms with van der Waals surface area (Å²) in [7, 11) is 0. The smallest absolute Gasteiger partial charge is 0.368 e. The molecular weight excluding hydrogens is 461 g/mol. The molecule has 1 aromatic carbocycles. The van der Waals surface area contributed by atoms with Crippen LogP contribution >= 0.6 is 0 Å². The van der Waals surface area contributed by atoms with Crippen LogP contribution < -0.4 is 20.4 Å². The van der Waals surface area contributed by atoms with Gasteiger partial charge in [0, 0.05) is 29.9 Å². The van der Waals surface area contributed by atoms with Crippen molar-refractivity contribution in [2.75, 3.05) is 28.2 Å². The Kier molecular flexibility index (Phi) is 6.35. The highest BCUT2D eigenvalue weighted by Gasteiger charge is 2.40. The van der Waals surface area contributed by atoms with E-state index >= 15 is 0 Å². The third-order valence-corrected chi connectivity index (χ3v) is 6.18. The van der Waals surface area contributed by atoms with E-state index in [2.05, 4.69) is 27.0 Å². The molecule has 1 fully saturated rings. The summed E-state index contributed by atoms with van der Waals surface area (Å²) in [5, 5.41) is 11.9. The molecule has 2 aromatic rings. The Labute approximate surface area is 200 Å². The molecule has 2 aliphatic heterocycles. The Hall–Kier alpha value is -3.76. The van der Waals surface area contributed by atoms with E-state index in [0.29, 0.717) is 23.6 Å². The minimum absolute atomic E-state index is 0.0424. The molecule has 186 valence electrons. The van der Waals surface area contributed by atoms with Gasteiger partial charge in [-0.05, 0) is 51.5 Å². The van der Waals surface area contributed by atoms with Crippen LogP contribution in [0.5, 0.6) is 0 Å². The monoisotopic (exact) mass is 488 g/mol. The molecule has 0 aliphatic carbocycles. The molecular formula is C24H27F3N6O2. The van der Waals surface area contributed by atoms with Gasteiger partial charge in [0.25, 0.3) is 5.91 Å². The summed E-state index contributed by atoms with van der Waals surface area (Å²) >= 11 is 0. The average Bonchev–Trinajstić information content (AvgIpc) is 3.35. The summed E-state index contributed by atoms with van der Waals surface area (Å²) in [5.41, 5.74) is 3.57. The maximum absolute atomic E-state index is 13.5. The highest BCUT2D eigenvalue weighted by Crippen LogP contribution is 2.41. The molecule has 0 spiro atoms. The second kappa shape index (κ2) is 9.12. The zero-order chi connectivity index (χ0) is 25.5. The van der Waals surface area contributed by atoms with Gasteiger partial charge >= 0.3 is 12.2 Å². The number of urea groups is 1. The SMILES string of the molecule is C=C(C)/C=C\c1c(NC(=O)N2c3cc(C(=O)N[C@H](C)C(F)(F)F)ccc3N3CC[C@H]2C3)n[nH]c1C. The number of H-pyrrole nitrogens is 1. The number of aromatic nitrogens is 2. The minimum atomic E-state index is -4.56. The van der Waals surface area contributed by atoms with Gasteiger partial charge < -0.3 is 10.2 Å². The first-order valence-electron chi connectivity index (χ1n) is 11.2. The Morgan fingerprint density at radius 2 is 2.06 bits per heavy atom. The maximum atomic E-state index is 13.5. The molecule has 3 N–H and O–H groups in total. The highest BCUT2D eigenvalue weighted by atomic mass is 19.4. The maximum Gasteiger partial charge on any atom is 0.408 e. The fourth-order valence-corrected chi connectivity index (χ4v) is 4.25. The van der Waals surface area contributed by atoms with Crippen LogP contribution in [0.25, 0.3) is 6.08 Å². The fraction of sp³-hybridized carbons (Fsp3) is 0.375. The van der Waals surface area contributed by atoms with Crippen molar-refractivity contribution in [3.63, 3.8) is 0 Å². The summed E-state index contributed by atoms with van der Waals surface area (Å²) < 4.78 is 38.8. The highest BCUT2D eigenvalue weighted by molar-refractivity contribution is 6.07. The predicted molar refractivity (Wildman–Crippen MR) is 129 cm³/mol. The van der Waals surface area contributed by atoms with Crippen LogP contribution in [0.2, 0.25) is 0 Å². The van der Waals surface area contributed by atoms with Crippen molar-refractivity contribution in [1.82, 2.24) is 15.5 Å². The molecule has 0 unspecified atom stereocenters. The van der Waals surface area contributed by atoms with Gasteiger partial charge in [0.15, 0.2) is 5.82 Å². The van der Waals surface area contributed by atoms with Gasteiger partial charge in [0.2, 0.25) is 0 Å². The average molecular weight is 489 g/mol. The predicted octanol–water partition coefficient (Wildman–Crippen LogP) is 4.62. The molecule has 3 amide bonds. The van der Waals surface area contributed by atoms with Crippen molar-refractivity contribution in [3.05, 3.63) is 53.2 Å². The second-order valence-electron chi connectivity index (χ2n) is 8.92. The Morgan fingerprint density at radius 3 is 2.74 bits per heavy atom. The van der Waals surface area contributed by atoms with E-state index in [1.54, 1.807) is 11.0 Å². The van der Waals surface area contributed by atoms with E-state index in [9.17, 15) is 22.8 Å². The van der Waals surface area contributed by atoms with Crippen molar-refractivity contribution in [2.45, 2.75) is 45.5 Å². The van der Waals surface area contributed by atoms with Gasteiger partial charge in [-0.25, -0.2) is 4.79 Å². The summed E-state index contributed by atoms with van der Waals surface area (Å²) in [6.45, 7) is 9.76. The molecule has 8 nitrogen and oxygen atoms in total. The van der Waals surface area contributed by atoms with Gasteiger partial charge in [0.1, 0.15) is 6.04 Å². The molecule has 3 heterocycles. The van der Waals surface area contributed by atoms with Crippen LogP contribution in [0.15, 0.2) is 36.4 Å². The molecule has 2 aliphatic rings.